The SMILES string of the molecule is CCN1C(=O)C[C@@H](C(=O)N[C@H](Cc2cnc[nH]2)C(=O)N2CCC[C@@H]2C(N)=O)NC1=O. The van der Waals surface area contributed by atoms with Crippen molar-refractivity contribution >= 4 is 29.7 Å². The van der Waals surface area contributed by atoms with E-state index in [-0.39, 0.29) is 19.4 Å². The van der Waals surface area contributed by atoms with Gasteiger partial charge in [-0.05, 0) is 19.8 Å². The standard InChI is InChI=1S/C18H25N7O5/c1-2-24-14(26)7-11(23-18(24)30)16(28)22-12(6-10-8-20-9-21-10)17(29)25-5-3-4-13(25)15(19)27/h8-9,11-13H,2-7H2,1H3,(H2,19,27)(H,20,21)(H,22,28)(H,23,30)/t11-,12+,13+/m0/s1. The fourth-order valence-corrected chi connectivity index (χ4v) is 3.77. The zero-order valence-corrected chi connectivity index (χ0v) is 16.6. The predicted molar refractivity (Wildman–Crippen MR) is 102 cm³/mol. The molecule has 2 aliphatic rings. The Labute approximate surface area is 172 Å². The molecule has 0 aliphatic carbocycles. The highest BCUT2D eigenvalue weighted by molar-refractivity contribution is 6.03. The van der Waals surface area contributed by atoms with Crippen molar-refractivity contribution in [3.63, 3.8) is 0 Å². The molecular formula is C18H25N7O5. The van der Waals surface area contributed by atoms with Crippen LogP contribution in [0.5, 0.6) is 0 Å². The minimum Gasteiger partial charge on any atom is -0.368 e. The molecule has 0 saturated carbocycles. The summed E-state index contributed by atoms with van der Waals surface area (Å²) in [6.07, 6.45) is 3.95. The van der Waals surface area contributed by atoms with Crippen LogP contribution in [0.3, 0.4) is 0 Å². The van der Waals surface area contributed by atoms with Crippen molar-refractivity contribution in [2.75, 3.05) is 13.1 Å². The molecule has 3 rings (SSSR count). The van der Waals surface area contributed by atoms with Crippen molar-refractivity contribution in [2.24, 2.45) is 5.73 Å². The van der Waals surface area contributed by atoms with E-state index in [4.69, 9.17) is 5.73 Å². The van der Waals surface area contributed by atoms with Crippen molar-refractivity contribution in [3.8, 4) is 0 Å². The van der Waals surface area contributed by atoms with Crippen LogP contribution < -0.4 is 16.4 Å². The lowest BCUT2D eigenvalue weighted by molar-refractivity contribution is -0.141. The molecule has 6 amide bonds. The molecule has 1 aromatic heterocycles. The monoisotopic (exact) mass is 419 g/mol. The Hall–Kier alpha value is -3.44. The number of likely N-dealkylation sites (tertiary alicyclic amines) is 1. The number of hydrogen-bond acceptors (Lipinski definition) is 6. The second-order valence-corrected chi connectivity index (χ2v) is 7.28. The first-order chi connectivity index (χ1) is 14.3. The van der Waals surface area contributed by atoms with Crippen LogP contribution >= 0.6 is 0 Å². The number of hydrogen-bond donors (Lipinski definition) is 4. The molecule has 0 aromatic carbocycles. The molecule has 12 heteroatoms. The third-order valence-corrected chi connectivity index (χ3v) is 5.31. The number of nitrogens with one attached hydrogen (secondary N) is 3. The van der Waals surface area contributed by atoms with E-state index < -0.39 is 47.8 Å². The number of urea groups is 1. The van der Waals surface area contributed by atoms with Gasteiger partial charge in [0.05, 0.1) is 12.7 Å². The van der Waals surface area contributed by atoms with Crippen LogP contribution in [0.15, 0.2) is 12.5 Å². The van der Waals surface area contributed by atoms with Gasteiger partial charge in [-0.3, -0.25) is 24.1 Å². The molecule has 162 valence electrons. The zero-order valence-electron chi connectivity index (χ0n) is 16.6. The summed E-state index contributed by atoms with van der Waals surface area (Å²) in [6.45, 7) is 2.21. The largest absolute Gasteiger partial charge is 0.368 e. The van der Waals surface area contributed by atoms with Gasteiger partial charge >= 0.3 is 6.03 Å². The van der Waals surface area contributed by atoms with Gasteiger partial charge in [0.15, 0.2) is 0 Å². The summed E-state index contributed by atoms with van der Waals surface area (Å²) < 4.78 is 0. The Morgan fingerprint density at radius 1 is 1.37 bits per heavy atom. The number of nitrogens with two attached hydrogens (primary N) is 1. The molecule has 2 saturated heterocycles. The minimum atomic E-state index is -1.09. The van der Waals surface area contributed by atoms with Crippen LogP contribution in [0, 0.1) is 0 Å². The summed E-state index contributed by atoms with van der Waals surface area (Å²) in [5.41, 5.74) is 6.01. The van der Waals surface area contributed by atoms with E-state index in [0.29, 0.717) is 25.1 Å². The lowest BCUT2D eigenvalue weighted by Gasteiger charge is -2.32. The average Bonchev–Trinajstić information content (AvgIpc) is 3.38. The van der Waals surface area contributed by atoms with E-state index in [2.05, 4.69) is 20.6 Å². The quantitative estimate of drug-likeness (QED) is 0.408. The molecule has 0 unspecified atom stereocenters. The van der Waals surface area contributed by atoms with Gasteiger partial charge in [-0.2, -0.15) is 0 Å². The number of imide groups is 1. The topological polar surface area (TPSA) is 171 Å². The smallest absolute Gasteiger partial charge is 0.324 e. The summed E-state index contributed by atoms with van der Waals surface area (Å²) in [5, 5.41) is 5.10. The van der Waals surface area contributed by atoms with E-state index in [9.17, 15) is 24.0 Å². The fraction of sp³-hybridized carbons (Fsp3) is 0.556. The van der Waals surface area contributed by atoms with Crippen molar-refractivity contribution < 1.29 is 24.0 Å². The third kappa shape index (κ3) is 4.42. The summed E-state index contributed by atoms with van der Waals surface area (Å²) >= 11 is 0. The van der Waals surface area contributed by atoms with E-state index in [1.165, 1.54) is 17.4 Å². The highest BCUT2D eigenvalue weighted by atomic mass is 16.2. The molecule has 2 aliphatic heterocycles. The Bertz CT molecular complexity index is 822. The molecule has 5 N–H and O–H groups in total. The van der Waals surface area contributed by atoms with Gasteiger partial charge < -0.3 is 26.3 Å². The zero-order chi connectivity index (χ0) is 21.8. The Kier molecular flexibility index (Phi) is 6.33. The van der Waals surface area contributed by atoms with Crippen LogP contribution in [0.25, 0.3) is 0 Å². The van der Waals surface area contributed by atoms with Gasteiger partial charge in [-0.15, -0.1) is 0 Å². The Morgan fingerprint density at radius 3 is 2.73 bits per heavy atom. The second-order valence-electron chi connectivity index (χ2n) is 7.28. The number of imidazole rings is 1. The second kappa shape index (κ2) is 8.93. The minimum absolute atomic E-state index is 0.0995. The lowest BCUT2D eigenvalue weighted by Crippen LogP contribution is -2.61. The van der Waals surface area contributed by atoms with Gasteiger partial charge in [-0.1, -0.05) is 0 Å². The Morgan fingerprint density at radius 2 is 2.13 bits per heavy atom. The van der Waals surface area contributed by atoms with Gasteiger partial charge in [0.2, 0.25) is 23.6 Å². The third-order valence-electron chi connectivity index (χ3n) is 5.31. The number of primary amides is 1. The van der Waals surface area contributed by atoms with Gasteiger partial charge in [0, 0.05) is 31.4 Å². The number of H-pyrrole nitrogens is 1. The molecule has 2 fully saturated rings. The molecule has 0 spiro atoms. The van der Waals surface area contributed by atoms with Crippen LogP contribution in [0.1, 0.15) is 31.9 Å². The van der Waals surface area contributed by atoms with Crippen LogP contribution in [-0.4, -0.2) is 80.6 Å². The average molecular weight is 419 g/mol. The fourth-order valence-electron chi connectivity index (χ4n) is 3.77. The molecular weight excluding hydrogens is 394 g/mol. The summed E-state index contributed by atoms with van der Waals surface area (Å²) in [5.74, 6) is -2.17. The number of aromatic amines is 1. The normalized spacial score (nSPS) is 22.6. The maximum absolute atomic E-state index is 13.1. The van der Waals surface area contributed by atoms with Crippen molar-refractivity contribution in [1.82, 2.24) is 30.4 Å². The Balaban J connectivity index is 1.75. The van der Waals surface area contributed by atoms with E-state index in [1.807, 2.05) is 0 Å². The van der Waals surface area contributed by atoms with E-state index in [1.54, 1.807) is 6.92 Å². The number of carbonyl (C=O) groups excluding carboxylic acids is 5. The van der Waals surface area contributed by atoms with E-state index >= 15 is 0 Å². The first-order valence-electron chi connectivity index (χ1n) is 9.80. The molecule has 3 atom stereocenters. The van der Waals surface area contributed by atoms with E-state index in [0.717, 1.165) is 4.90 Å². The van der Waals surface area contributed by atoms with Gasteiger partial charge in [-0.25, -0.2) is 9.78 Å². The molecule has 1 aromatic rings. The van der Waals surface area contributed by atoms with Gasteiger partial charge in [0.25, 0.3) is 0 Å². The lowest BCUT2D eigenvalue weighted by atomic mass is 10.1. The summed E-state index contributed by atoms with van der Waals surface area (Å²) in [7, 11) is 0. The maximum Gasteiger partial charge on any atom is 0.324 e. The molecule has 0 radical (unpaired) electrons. The molecule has 3 heterocycles. The van der Waals surface area contributed by atoms with Gasteiger partial charge in [0.1, 0.15) is 18.1 Å². The number of nitrogens with zero attached hydrogens (tertiary/aromatic N) is 3. The van der Waals surface area contributed by atoms with Crippen LogP contribution in [-0.2, 0) is 25.6 Å². The number of carbonyl (C=O) groups is 5. The first kappa shape index (κ1) is 21.3. The van der Waals surface area contributed by atoms with Crippen molar-refractivity contribution in [2.45, 2.75) is 50.7 Å². The highest BCUT2D eigenvalue weighted by Gasteiger charge is 2.39. The van der Waals surface area contributed by atoms with Crippen molar-refractivity contribution in [3.05, 3.63) is 18.2 Å². The number of aromatic nitrogens is 2. The summed E-state index contributed by atoms with van der Waals surface area (Å²) in [6, 6.07) is -3.49. The van der Waals surface area contributed by atoms with Crippen LogP contribution in [0.2, 0.25) is 0 Å². The predicted octanol–water partition coefficient (Wildman–Crippen LogP) is -1.76. The maximum atomic E-state index is 13.1. The summed E-state index contributed by atoms with van der Waals surface area (Å²) in [4.78, 5) is 70.9. The van der Waals surface area contributed by atoms with Crippen LogP contribution in [0.4, 0.5) is 4.79 Å². The molecule has 12 nitrogen and oxygen atoms in total. The number of rotatable bonds is 7. The molecule has 0 bridgehead atoms. The van der Waals surface area contributed by atoms with Crippen molar-refractivity contribution in [1.29, 1.82) is 0 Å². The number of amides is 6. The first-order valence-corrected chi connectivity index (χ1v) is 9.80. The molecule has 30 heavy (non-hydrogen) atoms. The highest BCUT2D eigenvalue weighted by Crippen LogP contribution is 2.19.